The van der Waals surface area contributed by atoms with Crippen LogP contribution in [0.5, 0.6) is 0 Å². The van der Waals surface area contributed by atoms with Crippen molar-refractivity contribution in [2.75, 3.05) is 19.7 Å². The summed E-state index contributed by atoms with van der Waals surface area (Å²) < 4.78 is 0. The minimum absolute atomic E-state index is 0.0188. The summed E-state index contributed by atoms with van der Waals surface area (Å²) in [6.45, 7) is 4.99. The highest BCUT2D eigenvalue weighted by Crippen LogP contribution is 1.85. The lowest BCUT2D eigenvalue weighted by atomic mass is 10.2. The molecule has 4 heteroatoms. The number of rotatable bonds is 4. The molecule has 0 bridgehead atoms. The second-order valence-corrected chi connectivity index (χ2v) is 2.75. The number of nitrogens with one attached hydrogen (secondary N) is 2. The summed E-state index contributed by atoms with van der Waals surface area (Å²) in [4.78, 5) is 10.8. The van der Waals surface area contributed by atoms with Crippen molar-refractivity contribution < 1.29 is 9.90 Å². The van der Waals surface area contributed by atoms with Gasteiger partial charge in [0.05, 0.1) is 6.61 Å². The Balaban J connectivity index is 3.23. The Morgan fingerprint density at radius 1 is 1.45 bits per heavy atom. The second kappa shape index (κ2) is 5.97. The van der Waals surface area contributed by atoms with Crippen molar-refractivity contribution in [3.63, 3.8) is 0 Å². The van der Waals surface area contributed by atoms with Crippen molar-refractivity contribution in [1.29, 1.82) is 0 Å². The third-order valence-corrected chi connectivity index (χ3v) is 1.07. The first-order chi connectivity index (χ1) is 5.16. The van der Waals surface area contributed by atoms with Crippen molar-refractivity contribution in [3.8, 4) is 0 Å². The van der Waals surface area contributed by atoms with Crippen molar-refractivity contribution in [3.05, 3.63) is 0 Å². The van der Waals surface area contributed by atoms with Gasteiger partial charge in [-0.3, -0.25) is 0 Å². The van der Waals surface area contributed by atoms with Crippen LogP contribution in [0.4, 0.5) is 4.79 Å². The molecule has 2 amide bonds. The maximum Gasteiger partial charge on any atom is 0.314 e. The third-order valence-electron chi connectivity index (χ3n) is 1.07. The fourth-order valence-electron chi connectivity index (χ4n) is 0.529. The molecule has 0 aliphatic heterocycles. The molecule has 0 radical (unpaired) electrons. The van der Waals surface area contributed by atoms with E-state index in [2.05, 4.69) is 10.6 Å². The smallest absolute Gasteiger partial charge is 0.314 e. The molecule has 0 heterocycles. The summed E-state index contributed by atoms with van der Waals surface area (Å²) >= 11 is 0. The van der Waals surface area contributed by atoms with Gasteiger partial charge in [-0.05, 0) is 5.92 Å². The molecule has 0 fully saturated rings. The van der Waals surface area contributed by atoms with E-state index in [1.54, 1.807) is 0 Å². The van der Waals surface area contributed by atoms with Crippen LogP contribution in [0.1, 0.15) is 13.8 Å². The zero-order chi connectivity index (χ0) is 8.69. The van der Waals surface area contributed by atoms with Gasteiger partial charge in [-0.25, -0.2) is 4.79 Å². The van der Waals surface area contributed by atoms with E-state index < -0.39 is 0 Å². The number of urea groups is 1. The predicted octanol–water partition coefficient (Wildman–Crippen LogP) is -0.0661. The van der Waals surface area contributed by atoms with Gasteiger partial charge in [0.1, 0.15) is 0 Å². The first kappa shape index (κ1) is 10.2. The standard InChI is InChI=1S/C7H16N2O2/c1-6(2)5-9-7(11)8-3-4-10/h6,10H,3-5H2,1-2H3,(H2,8,9,11). The molecule has 0 aliphatic rings. The van der Waals surface area contributed by atoms with Crippen LogP contribution in [0, 0.1) is 5.92 Å². The van der Waals surface area contributed by atoms with Crippen molar-refractivity contribution in [1.82, 2.24) is 10.6 Å². The van der Waals surface area contributed by atoms with Gasteiger partial charge in [0, 0.05) is 13.1 Å². The third kappa shape index (κ3) is 7.12. The lowest BCUT2D eigenvalue weighted by Gasteiger charge is -2.07. The number of carbonyl (C=O) groups is 1. The number of hydrogen-bond acceptors (Lipinski definition) is 2. The van der Waals surface area contributed by atoms with Crippen LogP contribution in [-0.2, 0) is 0 Å². The average molecular weight is 160 g/mol. The number of aliphatic hydroxyl groups excluding tert-OH is 1. The first-order valence-corrected chi connectivity index (χ1v) is 3.79. The van der Waals surface area contributed by atoms with E-state index in [1.165, 1.54) is 0 Å². The van der Waals surface area contributed by atoms with E-state index in [4.69, 9.17) is 5.11 Å². The van der Waals surface area contributed by atoms with Crippen LogP contribution in [0.3, 0.4) is 0 Å². The predicted molar refractivity (Wildman–Crippen MR) is 43.3 cm³/mol. The average Bonchev–Trinajstić information content (AvgIpc) is 1.97. The number of hydrogen-bond donors (Lipinski definition) is 3. The molecule has 4 nitrogen and oxygen atoms in total. The van der Waals surface area contributed by atoms with Crippen molar-refractivity contribution >= 4 is 6.03 Å². The first-order valence-electron chi connectivity index (χ1n) is 3.79. The molecule has 0 aromatic heterocycles. The highest BCUT2D eigenvalue weighted by molar-refractivity contribution is 5.73. The largest absolute Gasteiger partial charge is 0.395 e. The molecule has 0 saturated heterocycles. The molecule has 0 saturated carbocycles. The van der Waals surface area contributed by atoms with Gasteiger partial charge in [0.15, 0.2) is 0 Å². The molecule has 0 spiro atoms. The SMILES string of the molecule is CC(C)CNC(=O)NCCO. The van der Waals surface area contributed by atoms with Gasteiger partial charge < -0.3 is 15.7 Å². The van der Waals surface area contributed by atoms with Gasteiger partial charge in [-0.1, -0.05) is 13.8 Å². The minimum atomic E-state index is -0.215. The van der Waals surface area contributed by atoms with Crippen LogP contribution >= 0.6 is 0 Å². The summed E-state index contributed by atoms with van der Waals surface area (Å²) in [5.41, 5.74) is 0. The number of aliphatic hydroxyl groups is 1. The van der Waals surface area contributed by atoms with E-state index in [-0.39, 0.29) is 12.6 Å². The quantitative estimate of drug-likeness (QED) is 0.539. The molecule has 66 valence electrons. The van der Waals surface area contributed by atoms with E-state index in [9.17, 15) is 4.79 Å². The molecular formula is C7H16N2O2. The molecule has 11 heavy (non-hydrogen) atoms. The van der Waals surface area contributed by atoms with E-state index >= 15 is 0 Å². The number of amides is 2. The Morgan fingerprint density at radius 3 is 2.55 bits per heavy atom. The van der Waals surface area contributed by atoms with Crippen LogP contribution < -0.4 is 10.6 Å². The summed E-state index contributed by atoms with van der Waals surface area (Å²) in [5, 5.41) is 13.5. The van der Waals surface area contributed by atoms with Crippen molar-refractivity contribution in [2.45, 2.75) is 13.8 Å². The monoisotopic (exact) mass is 160 g/mol. The molecule has 0 aromatic rings. The van der Waals surface area contributed by atoms with E-state index in [0.717, 1.165) is 0 Å². The van der Waals surface area contributed by atoms with E-state index in [1.807, 2.05) is 13.8 Å². The highest BCUT2D eigenvalue weighted by Gasteiger charge is 1.98. The topological polar surface area (TPSA) is 61.4 Å². The second-order valence-electron chi connectivity index (χ2n) is 2.75. The molecule has 0 aromatic carbocycles. The number of carbonyl (C=O) groups excluding carboxylic acids is 1. The summed E-state index contributed by atoms with van der Waals surface area (Å²) in [6, 6.07) is -0.215. The normalized spacial score (nSPS) is 9.82. The molecule has 0 unspecified atom stereocenters. The lowest BCUT2D eigenvalue weighted by Crippen LogP contribution is -2.38. The summed E-state index contributed by atoms with van der Waals surface area (Å²) in [5.74, 6) is 0.454. The Kier molecular flexibility index (Phi) is 5.56. The molecule has 0 aliphatic carbocycles. The fourth-order valence-corrected chi connectivity index (χ4v) is 0.529. The lowest BCUT2D eigenvalue weighted by molar-refractivity contribution is 0.233. The van der Waals surface area contributed by atoms with Crippen LogP contribution in [0.15, 0.2) is 0 Å². The van der Waals surface area contributed by atoms with Crippen LogP contribution in [0.25, 0.3) is 0 Å². The molecule has 3 N–H and O–H groups in total. The van der Waals surface area contributed by atoms with Crippen LogP contribution in [-0.4, -0.2) is 30.8 Å². The van der Waals surface area contributed by atoms with Crippen molar-refractivity contribution in [2.24, 2.45) is 5.92 Å². The Hall–Kier alpha value is -0.770. The zero-order valence-electron chi connectivity index (χ0n) is 7.05. The Morgan fingerprint density at radius 2 is 2.09 bits per heavy atom. The van der Waals surface area contributed by atoms with Gasteiger partial charge in [0.2, 0.25) is 0 Å². The van der Waals surface area contributed by atoms with Gasteiger partial charge in [0.25, 0.3) is 0 Å². The maximum atomic E-state index is 10.8. The highest BCUT2D eigenvalue weighted by atomic mass is 16.3. The van der Waals surface area contributed by atoms with Crippen LogP contribution in [0.2, 0.25) is 0 Å². The van der Waals surface area contributed by atoms with Gasteiger partial charge >= 0.3 is 6.03 Å². The Labute approximate surface area is 67.0 Å². The minimum Gasteiger partial charge on any atom is -0.395 e. The van der Waals surface area contributed by atoms with Gasteiger partial charge in [-0.15, -0.1) is 0 Å². The summed E-state index contributed by atoms with van der Waals surface area (Å²) in [7, 11) is 0. The molecule has 0 rings (SSSR count). The van der Waals surface area contributed by atoms with E-state index in [0.29, 0.717) is 19.0 Å². The molecule has 0 atom stereocenters. The Bertz CT molecular complexity index is 115. The fraction of sp³-hybridized carbons (Fsp3) is 0.857. The summed E-state index contributed by atoms with van der Waals surface area (Å²) in [6.07, 6.45) is 0. The van der Waals surface area contributed by atoms with Gasteiger partial charge in [-0.2, -0.15) is 0 Å². The zero-order valence-corrected chi connectivity index (χ0v) is 7.05. The molecular weight excluding hydrogens is 144 g/mol. The maximum absolute atomic E-state index is 10.8.